The molecule has 88 valence electrons. The molecule has 1 fully saturated rings. The summed E-state index contributed by atoms with van der Waals surface area (Å²) in [5.74, 6) is 0.183. The summed E-state index contributed by atoms with van der Waals surface area (Å²) in [4.78, 5) is 11.6. The van der Waals surface area contributed by atoms with Gasteiger partial charge in [0.25, 0.3) is 0 Å². The third kappa shape index (κ3) is 4.20. The molecule has 0 saturated heterocycles. The second-order valence-electron chi connectivity index (χ2n) is 4.79. The van der Waals surface area contributed by atoms with Crippen molar-refractivity contribution in [2.24, 2.45) is 5.41 Å². The fourth-order valence-electron chi connectivity index (χ4n) is 1.89. The van der Waals surface area contributed by atoms with Crippen LogP contribution in [0.4, 0.5) is 0 Å². The molecule has 1 unspecified atom stereocenters. The molecule has 0 spiro atoms. The lowest BCUT2D eigenvalue weighted by Gasteiger charge is -2.15. The Bertz CT molecular complexity index is 212. The third-order valence-electron chi connectivity index (χ3n) is 3.41. The maximum atomic E-state index is 11.6. The highest BCUT2D eigenvalue weighted by atomic mass is 16.1. The summed E-state index contributed by atoms with van der Waals surface area (Å²) in [6.07, 6.45) is 4.35. The van der Waals surface area contributed by atoms with Crippen LogP contribution >= 0.6 is 0 Å². The van der Waals surface area contributed by atoms with Crippen molar-refractivity contribution in [3.8, 4) is 0 Å². The summed E-state index contributed by atoms with van der Waals surface area (Å²) in [7, 11) is 0. The zero-order valence-electron chi connectivity index (χ0n) is 10.2. The molecular weight excluding hydrogens is 188 g/mol. The van der Waals surface area contributed by atoms with E-state index >= 15 is 0 Å². The Hall–Kier alpha value is -0.570. The summed E-state index contributed by atoms with van der Waals surface area (Å²) < 4.78 is 0. The Balaban J connectivity index is 2.13. The van der Waals surface area contributed by atoms with Crippen molar-refractivity contribution in [2.75, 3.05) is 13.1 Å². The number of rotatable bonds is 7. The lowest BCUT2D eigenvalue weighted by Crippen LogP contribution is -2.36. The van der Waals surface area contributed by atoms with Gasteiger partial charge in [0, 0.05) is 19.0 Å². The predicted octanol–water partition coefficient (Wildman–Crippen LogP) is 1.68. The number of hydrogen-bond acceptors (Lipinski definition) is 2. The van der Waals surface area contributed by atoms with Crippen molar-refractivity contribution in [2.45, 2.75) is 52.5 Å². The average Bonchev–Trinajstić information content (AvgIpc) is 2.96. The highest BCUT2D eigenvalue weighted by Crippen LogP contribution is 2.47. The number of carbonyl (C=O) groups excluding carboxylic acids is 1. The van der Waals surface area contributed by atoms with Crippen molar-refractivity contribution in [3.63, 3.8) is 0 Å². The van der Waals surface area contributed by atoms with Crippen LogP contribution in [-0.2, 0) is 4.79 Å². The van der Waals surface area contributed by atoms with E-state index in [0.717, 1.165) is 13.1 Å². The van der Waals surface area contributed by atoms with Crippen LogP contribution in [0.3, 0.4) is 0 Å². The highest BCUT2D eigenvalue weighted by molar-refractivity contribution is 5.76. The molecule has 1 rings (SSSR count). The minimum absolute atomic E-state index is 0.183. The van der Waals surface area contributed by atoms with E-state index in [-0.39, 0.29) is 11.9 Å². The van der Waals surface area contributed by atoms with E-state index in [1.807, 2.05) is 0 Å². The molecule has 1 atom stereocenters. The van der Waals surface area contributed by atoms with Crippen LogP contribution in [0.2, 0.25) is 0 Å². The van der Waals surface area contributed by atoms with Gasteiger partial charge in [0.1, 0.15) is 0 Å². The molecule has 1 aliphatic rings. The van der Waals surface area contributed by atoms with Gasteiger partial charge in [-0.25, -0.2) is 0 Å². The molecular formula is C12H24N2O. The molecule has 0 heterocycles. The standard InChI is InChI=1S/C12H24N2O/c1-4-12(6-7-12)9-14-11(15)8-10(3)13-5-2/h10,13H,4-9H2,1-3H3,(H,14,15). The summed E-state index contributed by atoms with van der Waals surface area (Å²) in [6, 6.07) is 0.284. The Morgan fingerprint density at radius 3 is 2.53 bits per heavy atom. The van der Waals surface area contributed by atoms with Crippen LogP contribution in [0.1, 0.15) is 46.5 Å². The molecule has 0 radical (unpaired) electrons. The van der Waals surface area contributed by atoms with Crippen molar-refractivity contribution >= 4 is 5.91 Å². The first-order valence-corrected chi connectivity index (χ1v) is 6.12. The summed E-state index contributed by atoms with van der Waals surface area (Å²) in [5.41, 5.74) is 0.455. The smallest absolute Gasteiger partial charge is 0.221 e. The van der Waals surface area contributed by atoms with Crippen molar-refractivity contribution in [3.05, 3.63) is 0 Å². The molecule has 0 aliphatic heterocycles. The van der Waals surface area contributed by atoms with Crippen LogP contribution in [0.25, 0.3) is 0 Å². The monoisotopic (exact) mass is 212 g/mol. The van der Waals surface area contributed by atoms with Crippen molar-refractivity contribution in [1.29, 1.82) is 0 Å². The minimum Gasteiger partial charge on any atom is -0.355 e. The largest absolute Gasteiger partial charge is 0.355 e. The summed E-state index contributed by atoms with van der Waals surface area (Å²) in [6.45, 7) is 8.12. The van der Waals surface area contributed by atoms with Gasteiger partial charge in [-0.3, -0.25) is 4.79 Å². The average molecular weight is 212 g/mol. The van der Waals surface area contributed by atoms with E-state index in [1.165, 1.54) is 19.3 Å². The molecule has 2 N–H and O–H groups in total. The fraction of sp³-hybridized carbons (Fsp3) is 0.917. The predicted molar refractivity (Wildman–Crippen MR) is 62.7 cm³/mol. The number of carbonyl (C=O) groups is 1. The zero-order chi connectivity index (χ0) is 11.3. The number of amides is 1. The first kappa shape index (κ1) is 12.5. The van der Waals surface area contributed by atoms with Crippen LogP contribution in [-0.4, -0.2) is 25.0 Å². The van der Waals surface area contributed by atoms with E-state index in [1.54, 1.807) is 0 Å². The van der Waals surface area contributed by atoms with Crippen LogP contribution in [0.5, 0.6) is 0 Å². The Morgan fingerprint density at radius 2 is 2.07 bits per heavy atom. The van der Waals surface area contributed by atoms with Gasteiger partial charge < -0.3 is 10.6 Å². The maximum absolute atomic E-state index is 11.6. The van der Waals surface area contributed by atoms with Crippen LogP contribution in [0, 0.1) is 5.41 Å². The topological polar surface area (TPSA) is 41.1 Å². The second kappa shape index (κ2) is 5.50. The van der Waals surface area contributed by atoms with Gasteiger partial charge in [0.15, 0.2) is 0 Å². The van der Waals surface area contributed by atoms with Crippen molar-refractivity contribution < 1.29 is 4.79 Å². The second-order valence-corrected chi connectivity index (χ2v) is 4.79. The summed E-state index contributed by atoms with van der Waals surface area (Å²) in [5, 5.41) is 6.29. The van der Waals surface area contributed by atoms with Gasteiger partial charge in [0.2, 0.25) is 5.91 Å². The highest BCUT2D eigenvalue weighted by Gasteiger charge is 2.40. The minimum atomic E-state index is 0.183. The fourth-order valence-corrected chi connectivity index (χ4v) is 1.89. The number of hydrogen-bond donors (Lipinski definition) is 2. The molecule has 3 heteroatoms. The van der Waals surface area contributed by atoms with Gasteiger partial charge in [0.05, 0.1) is 0 Å². The van der Waals surface area contributed by atoms with Gasteiger partial charge >= 0.3 is 0 Å². The molecule has 1 amide bonds. The van der Waals surface area contributed by atoms with E-state index in [4.69, 9.17) is 0 Å². The van der Waals surface area contributed by atoms with Crippen molar-refractivity contribution in [1.82, 2.24) is 10.6 Å². The lowest BCUT2D eigenvalue weighted by atomic mass is 10.0. The third-order valence-corrected chi connectivity index (χ3v) is 3.41. The quantitative estimate of drug-likeness (QED) is 0.674. The molecule has 0 bridgehead atoms. The lowest BCUT2D eigenvalue weighted by molar-refractivity contribution is -0.121. The van der Waals surface area contributed by atoms with Crippen LogP contribution in [0.15, 0.2) is 0 Å². The molecule has 0 aromatic carbocycles. The SMILES string of the molecule is CCNC(C)CC(=O)NCC1(CC)CC1. The molecule has 0 aromatic rings. The molecule has 1 saturated carbocycles. The Kier molecular flexibility index (Phi) is 4.58. The van der Waals surface area contributed by atoms with Gasteiger partial charge in [-0.1, -0.05) is 13.8 Å². The first-order valence-electron chi connectivity index (χ1n) is 6.12. The maximum Gasteiger partial charge on any atom is 0.221 e. The van der Waals surface area contributed by atoms with E-state index in [0.29, 0.717) is 11.8 Å². The molecule has 15 heavy (non-hydrogen) atoms. The van der Waals surface area contributed by atoms with E-state index in [2.05, 4.69) is 31.4 Å². The van der Waals surface area contributed by atoms with Crippen LogP contribution < -0.4 is 10.6 Å². The Morgan fingerprint density at radius 1 is 1.40 bits per heavy atom. The molecule has 0 aromatic heterocycles. The normalized spacial score (nSPS) is 19.7. The van der Waals surface area contributed by atoms with E-state index in [9.17, 15) is 4.79 Å². The van der Waals surface area contributed by atoms with Gasteiger partial charge in [-0.15, -0.1) is 0 Å². The van der Waals surface area contributed by atoms with E-state index < -0.39 is 0 Å². The molecule has 3 nitrogen and oxygen atoms in total. The summed E-state index contributed by atoms with van der Waals surface area (Å²) >= 11 is 0. The first-order chi connectivity index (χ1) is 7.12. The molecule has 1 aliphatic carbocycles. The zero-order valence-corrected chi connectivity index (χ0v) is 10.2. The number of nitrogens with one attached hydrogen (secondary N) is 2. The van der Waals surface area contributed by atoms with Gasteiger partial charge in [-0.05, 0) is 38.1 Å². The van der Waals surface area contributed by atoms with Gasteiger partial charge in [-0.2, -0.15) is 0 Å². The Labute approximate surface area is 93.0 Å².